The number of aromatic nitrogens is 4. The molecule has 0 unspecified atom stereocenters. The second-order valence-corrected chi connectivity index (χ2v) is 7.42. The van der Waals surface area contributed by atoms with E-state index in [0.29, 0.717) is 0 Å². The number of hydrogen-bond donors (Lipinski definition) is 1. The second kappa shape index (κ2) is 6.75. The van der Waals surface area contributed by atoms with Gasteiger partial charge in [0.15, 0.2) is 0 Å². The van der Waals surface area contributed by atoms with Crippen LogP contribution in [0.3, 0.4) is 0 Å². The molecule has 6 heteroatoms. The van der Waals surface area contributed by atoms with Gasteiger partial charge in [0, 0.05) is 49.7 Å². The molecule has 2 aliphatic rings. The quantitative estimate of drug-likeness (QED) is 0.928. The van der Waals surface area contributed by atoms with Gasteiger partial charge in [0.25, 0.3) is 0 Å². The van der Waals surface area contributed by atoms with Crippen molar-refractivity contribution in [3.63, 3.8) is 0 Å². The number of anilines is 1. The van der Waals surface area contributed by atoms with Gasteiger partial charge in [-0.1, -0.05) is 0 Å². The van der Waals surface area contributed by atoms with E-state index in [0.717, 1.165) is 56.2 Å². The lowest BCUT2D eigenvalue weighted by Gasteiger charge is -2.37. The first-order valence-corrected chi connectivity index (χ1v) is 9.40. The lowest BCUT2D eigenvalue weighted by atomic mass is 9.90. The van der Waals surface area contributed by atoms with Crippen LogP contribution in [0.5, 0.6) is 0 Å². The van der Waals surface area contributed by atoms with Crippen molar-refractivity contribution in [3.05, 3.63) is 35.3 Å². The Balaban J connectivity index is 1.60. The Hall–Kier alpha value is -1.95. The van der Waals surface area contributed by atoms with E-state index in [9.17, 15) is 5.11 Å². The van der Waals surface area contributed by atoms with Gasteiger partial charge in [0.1, 0.15) is 23.6 Å². The Morgan fingerprint density at radius 1 is 1.20 bits per heavy atom. The molecule has 0 amide bonds. The van der Waals surface area contributed by atoms with Gasteiger partial charge in [-0.3, -0.25) is 0 Å². The average Bonchev–Trinajstić information content (AvgIpc) is 3.06. The van der Waals surface area contributed by atoms with Crippen molar-refractivity contribution in [1.82, 2.24) is 19.5 Å². The van der Waals surface area contributed by atoms with Gasteiger partial charge in [-0.25, -0.2) is 15.0 Å². The maximum Gasteiger partial charge on any atom is 0.137 e. The van der Waals surface area contributed by atoms with Crippen molar-refractivity contribution in [2.45, 2.75) is 51.6 Å². The number of imidazole rings is 1. The summed E-state index contributed by atoms with van der Waals surface area (Å²) in [4.78, 5) is 16.2. The number of fused-ring (bicyclic) bond motifs is 1. The standard InChI is InChI=1S/C19H27N5O/c1-13-21-16-8-4-3-7-15(16)18(22-13)24-10-5-6-14(12-24)17(25)19-20-9-11-23(19)2/h9,11,14,17,25H,3-8,10,12H2,1-2H3/t14-,17-/m0/s1. The van der Waals surface area contributed by atoms with Gasteiger partial charge in [-0.05, 0) is 45.4 Å². The first kappa shape index (κ1) is 16.5. The van der Waals surface area contributed by atoms with Crippen molar-refractivity contribution < 1.29 is 5.11 Å². The summed E-state index contributed by atoms with van der Waals surface area (Å²) in [5.74, 6) is 2.92. The zero-order valence-corrected chi connectivity index (χ0v) is 15.1. The predicted molar refractivity (Wildman–Crippen MR) is 96.5 cm³/mol. The molecule has 6 nitrogen and oxygen atoms in total. The number of aryl methyl sites for hydroxylation is 3. The third-order valence-electron chi connectivity index (χ3n) is 5.60. The molecule has 25 heavy (non-hydrogen) atoms. The van der Waals surface area contributed by atoms with E-state index >= 15 is 0 Å². The van der Waals surface area contributed by atoms with Crippen molar-refractivity contribution >= 4 is 5.82 Å². The maximum absolute atomic E-state index is 10.8. The van der Waals surface area contributed by atoms with E-state index in [-0.39, 0.29) is 5.92 Å². The summed E-state index contributed by atoms with van der Waals surface area (Å²) in [6.45, 7) is 3.83. The molecule has 0 saturated carbocycles. The van der Waals surface area contributed by atoms with Gasteiger partial charge < -0.3 is 14.6 Å². The van der Waals surface area contributed by atoms with E-state index < -0.39 is 6.10 Å². The Kier molecular flexibility index (Phi) is 4.46. The topological polar surface area (TPSA) is 67.1 Å². The highest BCUT2D eigenvalue weighted by Crippen LogP contribution is 2.34. The molecular weight excluding hydrogens is 314 g/mol. The minimum absolute atomic E-state index is 0.185. The van der Waals surface area contributed by atoms with Gasteiger partial charge in [-0.15, -0.1) is 0 Å². The summed E-state index contributed by atoms with van der Waals surface area (Å²) in [5.41, 5.74) is 2.57. The van der Waals surface area contributed by atoms with Crippen LogP contribution in [0, 0.1) is 12.8 Å². The molecule has 1 aliphatic heterocycles. The first-order valence-electron chi connectivity index (χ1n) is 9.40. The summed E-state index contributed by atoms with van der Waals surface area (Å²) >= 11 is 0. The Morgan fingerprint density at radius 3 is 2.84 bits per heavy atom. The molecule has 1 fully saturated rings. The lowest BCUT2D eigenvalue weighted by molar-refractivity contribution is 0.0873. The van der Waals surface area contributed by atoms with E-state index in [1.807, 2.05) is 24.7 Å². The largest absolute Gasteiger partial charge is 0.385 e. The number of aliphatic hydroxyl groups excluding tert-OH is 1. The smallest absolute Gasteiger partial charge is 0.137 e. The maximum atomic E-state index is 10.8. The highest BCUT2D eigenvalue weighted by Gasteiger charge is 2.31. The molecule has 0 spiro atoms. The highest BCUT2D eigenvalue weighted by atomic mass is 16.3. The third-order valence-corrected chi connectivity index (χ3v) is 5.60. The predicted octanol–water partition coefficient (Wildman–Crippen LogP) is 2.35. The van der Waals surface area contributed by atoms with E-state index in [2.05, 4.69) is 14.9 Å². The molecule has 0 bridgehead atoms. The summed E-state index contributed by atoms with van der Waals surface area (Å²) < 4.78 is 1.92. The van der Waals surface area contributed by atoms with Crippen LogP contribution in [0.4, 0.5) is 5.82 Å². The van der Waals surface area contributed by atoms with Crippen LogP contribution in [0.15, 0.2) is 12.4 Å². The van der Waals surface area contributed by atoms with Crippen molar-refractivity contribution in [2.24, 2.45) is 13.0 Å². The summed E-state index contributed by atoms with van der Waals surface area (Å²) in [7, 11) is 1.94. The molecule has 2 aromatic heterocycles. The first-order chi connectivity index (χ1) is 12.1. The molecule has 2 atom stereocenters. The summed E-state index contributed by atoms with van der Waals surface area (Å²) in [6.07, 6.45) is 9.81. The van der Waals surface area contributed by atoms with Gasteiger partial charge in [0.05, 0.1) is 0 Å². The second-order valence-electron chi connectivity index (χ2n) is 7.42. The summed E-state index contributed by atoms with van der Waals surface area (Å²) in [5, 5.41) is 10.8. The zero-order chi connectivity index (χ0) is 17.4. The van der Waals surface area contributed by atoms with Crippen molar-refractivity contribution in [3.8, 4) is 0 Å². The van der Waals surface area contributed by atoms with Crippen molar-refractivity contribution in [2.75, 3.05) is 18.0 Å². The van der Waals surface area contributed by atoms with Gasteiger partial charge in [0.2, 0.25) is 0 Å². The zero-order valence-electron chi connectivity index (χ0n) is 15.1. The lowest BCUT2D eigenvalue weighted by Crippen LogP contribution is -2.39. The van der Waals surface area contributed by atoms with Crippen LogP contribution in [0.1, 0.15) is 54.7 Å². The van der Waals surface area contributed by atoms with Crippen LogP contribution in [0.2, 0.25) is 0 Å². The Labute approximate surface area is 148 Å². The van der Waals surface area contributed by atoms with Gasteiger partial charge >= 0.3 is 0 Å². The van der Waals surface area contributed by atoms with E-state index in [1.54, 1.807) is 6.20 Å². The fourth-order valence-corrected chi connectivity index (χ4v) is 4.29. The molecule has 0 aromatic carbocycles. The molecule has 4 rings (SSSR count). The SMILES string of the molecule is Cc1nc2c(c(N3CCC[C@H]([C@H](O)c4nccn4C)C3)n1)CCCC2. The molecule has 3 heterocycles. The van der Waals surface area contributed by atoms with Gasteiger partial charge in [-0.2, -0.15) is 0 Å². The van der Waals surface area contributed by atoms with Crippen LogP contribution < -0.4 is 4.90 Å². The Bertz CT molecular complexity index is 756. The van der Waals surface area contributed by atoms with Crippen LogP contribution >= 0.6 is 0 Å². The van der Waals surface area contributed by atoms with Crippen LogP contribution in [-0.2, 0) is 19.9 Å². The molecule has 1 saturated heterocycles. The number of aliphatic hydroxyl groups is 1. The van der Waals surface area contributed by atoms with Crippen LogP contribution in [0.25, 0.3) is 0 Å². The molecule has 1 N–H and O–H groups in total. The minimum Gasteiger partial charge on any atom is -0.385 e. The number of hydrogen-bond acceptors (Lipinski definition) is 5. The molecular formula is C19H27N5O. The average molecular weight is 341 g/mol. The minimum atomic E-state index is -0.526. The third kappa shape index (κ3) is 3.15. The molecule has 2 aromatic rings. The van der Waals surface area contributed by atoms with E-state index in [4.69, 9.17) is 4.98 Å². The molecule has 1 aliphatic carbocycles. The monoisotopic (exact) mass is 341 g/mol. The van der Waals surface area contributed by atoms with E-state index in [1.165, 1.54) is 24.1 Å². The number of nitrogens with zero attached hydrogens (tertiary/aromatic N) is 5. The number of rotatable bonds is 3. The normalized spacial score (nSPS) is 21.9. The van der Waals surface area contributed by atoms with Crippen LogP contribution in [-0.4, -0.2) is 37.7 Å². The van der Waals surface area contributed by atoms with Crippen molar-refractivity contribution in [1.29, 1.82) is 0 Å². The highest BCUT2D eigenvalue weighted by molar-refractivity contribution is 5.50. The Morgan fingerprint density at radius 2 is 2.04 bits per heavy atom. The fourth-order valence-electron chi connectivity index (χ4n) is 4.29. The number of piperidine rings is 1. The molecule has 134 valence electrons. The fraction of sp³-hybridized carbons (Fsp3) is 0.632. The molecule has 0 radical (unpaired) electrons. The summed E-state index contributed by atoms with van der Waals surface area (Å²) in [6, 6.07) is 0.